The average Bonchev–Trinajstić information content (AvgIpc) is 3.43. The van der Waals surface area contributed by atoms with E-state index in [1.54, 1.807) is 12.1 Å². The summed E-state index contributed by atoms with van der Waals surface area (Å²) in [5.41, 5.74) is 10.7. The second kappa shape index (κ2) is 11.2. The largest absolute Gasteiger partial charge is 0.383 e. The molecule has 1 fully saturated rings. The summed E-state index contributed by atoms with van der Waals surface area (Å²) in [6.45, 7) is 2.03. The third-order valence-corrected chi connectivity index (χ3v) is 8.85. The Kier molecular flexibility index (Phi) is 7.06. The van der Waals surface area contributed by atoms with Crippen molar-refractivity contribution < 1.29 is 9.59 Å². The van der Waals surface area contributed by atoms with Crippen LogP contribution in [0.1, 0.15) is 58.1 Å². The number of benzene rings is 2. The topological polar surface area (TPSA) is 128 Å². The first-order chi connectivity index (χ1) is 21.4. The maximum absolute atomic E-state index is 13.7. The van der Waals surface area contributed by atoms with E-state index in [4.69, 9.17) is 5.73 Å². The highest BCUT2D eigenvalue weighted by atomic mass is 16.2. The molecule has 10 nitrogen and oxygen atoms in total. The van der Waals surface area contributed by atoms with Crippen LogP contribution in [-0.4, -0.2) is 55.8 Å². The van der Waals surface area contributed by atoms with Gasteiger partial charge < -0.3 is 20.5 Å². The molecule has 3 aromatic heterocycles. The highest BCUT2D eigenvalue weighted by Crippen LogP contribution is 2.37. The molecule has 0 spiro atoms. The Labute approximate surface area is 254 Å². The number of hydrogen-bond acceptors (Lipinski definition) is 7. The van der Waals surface area contributed by atoms with Crippen LogP contribution in [0.2, 0.25) is 0 Å². The lowest BCUT2D eigenvalue weighted by Crippen LogP contribution is -2.33. The maximum atomic E-state index is 13.7. The van der Waals surface area contributed by atoms with Crippen molar-refractivity contribution in [2.75, 3.05) is 31.2 Å². The summed E-state index contributed by atoms with van der Waals surface area (Å²) in [7, 11) is 2.14. The van der Waals surface area contributed by atoms with Crippen molar-refractivity contribution >= 4 is 34.2 Å². The molecule has 0 unspecified atom stereocenters. The molecule has 2 aliphatic rings. The fourth-order valence-electron chi connectivity index (χ4n) is 6.51. The maximum Gasteiger partial charge on any atom is 0.268 e. The number of ketones is 1. The van der Waals surface area contributed by atoms with Crippen molar-refractivity contribution in [2.45, 2.75) is 38.1 Å². The number of anilines is 2. The number of amides is 1. The molecule has 5 aromatic rings. The molecule has 4 heterocycles. The van der Waals surface area contributed by atoms with Crippen LogP contribution in [-0.2, 0) is 6.42 Å². The number of para-hydroxylation sites is 1. The first-order valence-corrected chi connectivity index (χ1v) is 15.0. The van der Waals surface area contributed by atoms with Gasteiger partial charge in [-0.25, -0.2) is 9.97 Å². The summed E-state index contributed by atoms with van der Waals surface area (Å²) in [4.78, 5) is 51.2. The van der Waals surface area contributed by atoms with Crippen molar-refractivity contribution in [1.29, 1.82) is 0 Å². The number of Topliss-reactive ketones (excluding diaryl/α,β-unsaturated/α-hetero) is 1. The zero-order valence-corrected chi connectivity index (χ0v) is 24.5. The fourth-order valence-corrected chi connectivity index (χ4v) is 6.51. The molecule has 1 saturated heterocycles. The third kappa shape index (κ3) is 4.87. The van der Waals surface area contributed by atoms with Gasteiger partial charge in [0.25, 0.3) is 11.5 Å². The average molecular weight is 588 g/mol. The van der Waals surface area contributed by atoms with Gasteiger partial charge in [0.05, 0.1) is 5.39 Å². The molecule has 1 aliphatic carbocycles. The van der Waals surface area contributed by atoms with Gasteiger partial charge in [-0.2, -0.15) is 0 Å². The second-order valence-electron chi connectivity index (χ2n) is 11.6. The van der Waals surface area contributed by atoms with Gasteiger partial charge in [0.2, 0.25) is 0 Å². The van der Waals surface area contributed by atoms with Gasteiger partial charge in [0.15, 0.2) is 5.78 Å². The predicted octanol–water partition coefficient (Wildman–Crippen LogP) is 4.87. The Morgan fingerprint density at radius 3 is 2.45 bits per heavy atom. The molecular weight excluding hydrogens is 554 g/mol. The Balaban J connectivity index is 1.21. The van der Waals surface area contributed by atoms with Crippen LogP contribution >= 0.6 is 0 Å². The summed E-state index contributed by atoms with van der Waals surface area (Å²) in [6, 6.07) is 18.3. The molecular formula is C34H33N7O3. The number of rotatable bonds is 5. The number of pyridine rings is 1. The zero-order valence-electron chi connectivity index (χ0n) is 24.5. The molecule has 1 amide bonds. The van der Waals surface area contributed by atoms with Crippen molar-refractivity contribution in [3.8, 4) is 16.8 Å². The number of aromatic nitrogens is 4. The number of piperidine rings is 1. The van der Waals surface area contributed by atoms with E-state index in [2.05, 4.69) is 38.0 Å². The Bertz CT molecular complexity index is 1950. The number of carbonyl (C=O) groups excluding carboxylic acids is 2. The van der Waals surface area contributed by atoms with Gasteiger partial charge in [0, 0.05) is 46.9 Å². The van der Waals surface area contributed by atoms with E-state index in [0.717, 1.165) is 48.1 Å². The molecule has 3 N–H and O–H groups in total. The first-order valence-electron chi connectivity index (χ1n) is 15.0. The lowest BCUT2D eigenvalue weighted by molar-refractivity contribution is 0.0971. The predicted molar refractivity (Wildman–Crippen MR) is 170 cm³/mol. The van der Waals surface area contributed by atoms with Crippen LogP contribution in [0.4, 0.5) is 11.5 Å². The van der Waals surface area contributed by atoms with Crippen molar-refractivity contribution in [2.24, 2.45) is 0 Å². The number of likely N-dealkylation sites (tertiary alicyclic amines) is 1. The smallest absolute Gasteiger partial charge is 0.268 e. The minimum atomic E-state index is -0.565. The number of nitrogens with two attached hydrogens (primary N) is 1. The minimum Gasteiger partial charge on any atom is -0.383 e. The van der Waals surface area contributed by atoms with Crippen LogP contribution < -0.4 is 16.6 Å². The Morgan fingerprint density at radius 2 is 1.70 bits per heavy atom. The van der Waals surface area contributed by atoms with Crippen LogP contribution in [0, 0.1) is 0 Å². The number of carbonyl (C=O) groups is 2. The van der Waals surface area contributed by atoms with Crippen molar-refractivity contribution in [3.05, 3.63) is 100 Å². The normalized spacial score (nSPS) is 15.8. The van der Waals surface area contributed by atoms with E-state index in [9.17, 15) is 14.4 Å². The fraction of sp³-hybridized carbons (Fsp3) is 0.265. The van der Waals surface area contributed by atoms with Crippen LogP contribution in [0.15, 0.2) is 78.0 Å². The summed E-state index contributed by atoms with van der Waals surface area (Å²) in [6.07, 6.45) is 7.32. The molecule has 44 heavy (non-hydrogen) atoms. The van der Waals surface area contributed by atoms with Crippen molar-refractivity contribution in [1.82, 2.24) is 24.0 Å². The van der Waals surface area contributed by atoms with Crippen LogP contribution in [0.25, 0.3) is 27.8 Å². The van der Waals surface area contributed by atoms with Gasteiger partial charge in [-0.15, -0.1) is 0 Å². The molecule has 0 saturated carbocycles. The lowest BCUT2D eigenvalue weighted by Gasteiger charge is -2.30. The highest BCUT2D eigenvalue weighted by molar-refractivity contribution is 6.07. The molecule has 0 radical (unpaired) electrons. The van der Waals surface area contributed by atoms with E-state index < -0.39 is 11.5 Å². The summed E-state index contributed by atoms with van der Waals surface area (Å²) >= 11 is 0. The number of nitrogens with zero attached hydrogens (tertiary/aromatic N) is 5. The summed E-state index contributed by atoms with van der Waals surface area (Å²) in [5, 5.41) is 3.67. The van der Waals surface area contributed by atoms with Gasteiger partial charge in [0.1, 0.15) is 23.4 Å². The number of nitrogens with one attached hydrogen (secondary N) is 1. The SMILES string of the molecule is CN1CCC(n2cc(-c3ccc(NC(=O)c4cc5c(n(-c6ccccc6)c4=O)CCCC5=O)cc3)c3c(N)ncnc32)CC1. The van der Waals surface area contributed by atoms with Gasteiger partial charge >= 0.3 is 0 Å². The molecule has 0 atom stereocenters. The van der Waals surface area contributed by atoms with Crippen LogP contribution in [0.3, 0.4) is 0 Å². The van der Waals surface area contributed by atoms with Gasteiger partial charge in [-0.05, 0) is 81.7 Å². The van der Waals surface area contributed by atoms with Gasteiger partial charge in [-0.3, -0.25) is 19.0 Å². The van der Waals surface area contributed by atoms with Crippen molar-refractivity contribution in [3.63, 3.8) is 0 Å². The number of fused-ring (bicyclic) bond motifs is 2. The Morgan fingerprint density at radius 1 is 0.955 bits per heavy atom. The molecule has 0 bridgehead atoms. The molecule has 222 valence electrons. The third-order valence-electron chi connectivity index (χ3n) is 8.85. The quantitative estimate of drug-likeness (QED) is 0.300. The van der Waals surface area contributed by atoms with Crippen LogP contribution in [0.5, 0.6) is 0 Å². The standard InChI is InChI=1S/C34H33N7O3/c1-39-16-14-23(15-17-39)40-19-27(30-31(35)36-20-37-32(30)40)21-10-12-22(13-11-21)38-33(43)26-18-25-28(8-5-9-29(25)42)41(34(26)44)24-6-3-2-4-7-24/h2-4,6-7,10-13,18-20,23H,5,8-9,14-17H2,1H3,(H,38,43)(H2,35,36,37). The lowest BCUT2D eigenvalue weighted by atomic mass is 9.92. The summed E-state index contributed by atoms with van der Waals surface area (Å²) in [5.74, 6) is -0.201. The molecule has 2 aromatic carbocycles. The van der Waals surface area contributed by atoms with Gasteiger partial charge in [-0.1, -0.05) is 30.3 Å². The number of hydrogen-bond donors (Lipinski definition) is 2. The molecule has 1 aliphatic heterocycles. The zero-order chi connectivity index (χ0) is 30.4. The Hall–Kier alpha value is -5.09. The molecule has 10 heteroatoms. The monoisotopic (exact) mass is 587 g/mol. The first kappa shape index (κ1) is 27.7. The van der Waals surface area contributed by atoms with E-state index in [-0.39, 0.29) is 11.3 Å². The molecule has 7 rings (SSSR count). The minimum absolute atomic E-state index is 0.0583. The van der Waals surface area contributed by atoms with E-state index in [1.165, 1.54) is 17.0 Å². The number of nitrogen functional groups attached to an aromatic ring is 1. The summed E-state index contributed by atoms with van der Waals surface area (Å²) < 4.78 is 3.73. The van der Waals surface area contributed by atoms with E-state index >= 15 is 0 Å². The van der Waals surface area contributed by atoms with E-state index in [0.29, 0.717) is 53.8 Å². The second-order valence-corrected chi connectivity index (χ2v) is 11.6. The highest BCUT2D eigenvalue weighted by Gasteiger charge is 2.27. The van der Waals surface area contributed by atoms with E-state index in [1.807, 2.05) is 42.5 Å².